The van der Waals surface area contributed by atoms with Gasteiger partial charge in [0.25, 0.3) is 11.6 Å². The summed E-state index contributed by atoms with van der Waals surface area (Å²) in [4.78, 5) is 22.0. The van der Waals surface area contributed by atoms with E-state index in [1.807, 2.05) is 0 Å². The highest BCUT2D eigenvalue weighted by atomic mass is 79.9. The maximum Gasteiger partial charge on any atom is 0.270 e. The number of ether oxygens (including phenoxy) is 1. The molecule has 7 heteroatoms. The third-order valence-corrected chi connectivity index (χ3v) is 3.16. The Morgan fingerprint density at radius 1 is 1.47 bits per heavy atom. The smallest absolute Gasteiger partial charge is 0.270 e. The fourth-order valence-electron chi connectivity index (χ4n) is 1.47. The van der Waals surface area contributed by atoms with Crippen molar-refractivity contribution in [2.45, 2.75) is 12.8 Å². The molecule has 0 bridgehead atoms. The molecule has 0 heterocycles. The Labute approximate surface area is 119 Å². The first-order chi connectivity index (χ1) is 9.06. The van der Waals surface area contributed by atoms with Gasteiger partial charge in [0.05, 0.1) is 10.5 Å². The van der Waals surface area contributed by atoms with Crippen molar-refractivity contribution in [3.8, 4) is 0 Å². The first kappa shape index (κ1) is 15.6. The zero-order valence-electron chi connectivity index (χ0n) is 10.5. The number of carbonyl (C=O) groups excluding carboxylic acids is 1. The summed E-state index contributed by atoms with van der Waals surface area (Å²) in [6.07, 6.45) is 1.65. The van der Waals surface area contributed by atoms with Gasteiger partial charge in [-0.15, -0.1) is 0 Å². The number of non-ortho nitro benzene ring substituents is 1. The lowest BCUT2D eigenvalue weighted by atomic mass is 10.2. The Morgan fingerprint density at radius 3 is 2.84 bits per heavy atom. The number of amides is 1. The second-order valence-corrected chi connectivity index (χ2v) is 4.73. The van der Waals surface area contributed by atoms with Gasteiger partial charge in [0.2, 0.25) is 0 Å². The molecular formula is C12H15BrN2O4. The number of hydrogen-bond donors (Lipinski definition) is 1. The van der Waals surface area contributed by atoms with Crippen LogP contribution >= 0.6 is 15.9 Å². The van der Waals surface area contributed by atoms with Gasteiger partial charge in [0.1, 0.15) is 0 Å². The Morgan fingerprint density at radius 2 is 2.21 bits per heavy atom. The van der Waals surface area contributed by atoms with Crippen LogP contribution in [-0.4, -0.2) is 31.1 Å². The molecule has 0 saturated carbocycles. The summed E-state index contributed by atoms with van der Waals surface area (Å²) in [6, 6.07) is 4.10. The van der Waals surface area contributed by atoms with E-state index in [2.05, 4.69) is 21.2 Å². The van der Waals surface area contributed by atoms with Crippen molar-refractivity contribution in [1.82, 2.24) is 5.32 Å². The summed E-state index contributed by atoms with van der Waals surface area (Å²) in [5, 5.41) is 13.4. The SMILES string of the molecule is COCCCCNC(=O)c1cc([N+](=O)[O-])ccc1Br. The third-order valence-electron chi connectivity index (χ3n) is 2.47. The molecule has 0 aromatic heterocycles. The van der Waals surface area contributed by atoms with E-state index in [9.17, 15) is 14.9 Å². The average molecular weight is 331 g/mol. The van der Waals surface area contributed by atoms with E-state index in [0.717, 1.165) is 12.8 Å². The second kappa shape index (κ2) is 7.85. The molecule has 1 amide bonds. The monoisotopic (exact) mass is 330 g/mol. The van der Waals surface area contributed by atoms with Crippen molar-refractivity contribution in [1.29, 1.82) is 0 Å². The van der Waals surface area contributed by atoms with Crippen LogP contribution in [-0.2, 0) is 4.74 Å². The van der Waals surface area contributed by atoms with Crippen LogP contribution in [0.15, 0.2) is 22.7 Å². The van der Waals surface area contributed by atoms with Crippen molar-refractivity contribution in [3.63, 3.8) is 0 Å². The lowest BCUT2D eigenvalue weighted by Crippen LogP contribution is -2.25. The number of nitro groups is 1. The minimum atomic E-state index is -0.526. The van der Waals surface area contributed by atoms with E-state index in [0.29, 0.717) is 17.6 Å². The molecule has 104 valence electrons. The van der Waals surface area contributed by atoms with Crippen LogP contribution < -0.4 is 5.32 Å². The first-order valence-corrected chi connectivity index (χ1v) is 6.56. The highest BCUT2D eigenvalue weighted by Crippen LogP contribution is 2.22. The molecule has 0 saturated heterocycles. The van der Waals surface area contributed by atoms with Crippen LogP contribution in [0, 0.1) is 10.1 Å². The van der Waals surface area contributed by atoms with Crippen molar-refractivity contribution in [2.24, 2.45) is 0 Å². The topological polar surface area (TPSA) is 81.5 Å². The standard InChI is InChI=1S/C12H15BrN2O4/c1-19-7-3-2-6-14-12(16)10-8-9(15(17)18)4-5-11(10)13/h4-5,8H,2-3,6-7H2,1H3,(H,14,16). The van der Waals surface area contributed by atoms with E-state index >= 15 is 0 Å². The van der Waals surface area contributed by atoms with Gasteiger partial charge >= 0.3 is 0 Å². The van der Waals surface area contributed by atoms with Crippen LogP contribution in [0.2, 0.25) is 0 Å². The molecule has 0 spiro atoms. The van der Waals surface area contributed by atoms with Gasteiger partial charge in [-0.25, -0.2) is 0 Å². The highest BCUT2D eigenvalue weighted by molar-refractivity contribution is 9.10. The van der Waals surface area contributed by atoms with Crippen molar-refractivity contribution in [2.75, 3.05) is 20.3 Å². The first-order valence-electron chi connectivity index (χ1n) is 5.77. The maximum absolute atomic E-state index is 11.9. The molecule has 19 heavy (non-hydrogen) atoms. The highest BCUT2D eigenvalue weighted by Gasteiger charge is 2.14. The van der Waals surface area contributed by atoms with Crippen LogP contribution in [0.5, 0.6) is 0 Å². The number of nitrogens with zero attached hydrogens (tertiary/aromatic N) is 1. The normalized spacial score (nSPS) is 10.2. The molecule has 1 aromatic carbocycles. The molecule has 1 N–H and O–H groups in total. The minimum absolute atomic E-state index is 0.104. The number of unbranched alkanes of at least 4 members (excludes halogenated alkanes) is 1. The lowest BCUT2D eigenvalue weighted by Gasteiger charge is -2.06. The van der Waals surface area contributed by atoms with Gasteiger partial charge in [-0.2, -0.15) is 0 Å². The minimum Gasteiger partial charge on any atom is -0.385 e. The molecule has 6 nitrogen and oxygen atoms in total. The number of benzene rings is 1. The van der Waals surface area contributed by atoms with Gasteiger partial charge in [-0.1, -0.05) is 0 Å². The van der Waals surface area contributed by atoms with Gasteiger partial charge in [0.15, 0.2) is 0 Å². The largest absolute Gasteiger partial charge is 0.385 e. The summed E-state index contributed by atoms with van der Waals surface area (Å²) >= 11 is 3.21. The summed E-state index contributed by atoms with van der Waals surface area (Å²) in [5.74, 6) is -0.326. The maximum atomic E-state index is 11.9. The fourth-order valence-corrected chi connectivity index (χ4v) is 1.90. The van der Waals surface area contributed by atoms with Crippen LogP contribution in [0.1, 0.15) is 23.2 Å². The van der Waals surface area contributed by atoms with E-state index in [4.69, 9.17) is 4.74 Å². The number of hydrogen-bond acceptors (Lipinski definition) is 4. The Hall–Kier alpha value is -1.47. The van der Waals surface area contributed by atoms with Crippen molar-refractivity contribution >= 4 is 27.5 Å². The summed E-state index contributed by atoms with van der Waals surface area (Å²) in [7, 11) is 1.62. The third kappa shape index (κ3) is 4.96. The molecule has 0 radical (unpaired) electrons. The van der Waals surface area contributed by atoms with Gasteiger partial charge < -0.3 is 10.1 Å². The van der Waals surface area contributed by atoms with Crippen molar-refractivity contribution < 1.29 is 14.5 Å². The second-order valence-electron chi connectivity index (χ2n) is 3.88. The van der Waals surface area contributed by atoms with E-state index < -0.39 is 4.92 Å². The lowest BCUT2D eigenvalue weighted by molar-refractivity contribution is -0.384. The molecule has 0 atom stereocenters. The van der Waals surface area contributed by atoms with Crippen LogP contribution in [0.25, 0.3) is 0 Å². The number of methoxy groups -OCH3 is 1. The number of nitrogens with one attached hydrogen (secondary N) is 1. The van der Waals surface area contributed by atoms with Crippen LogP contribution in [0.4, 0.5) is 5.69 Å². The molecule has 0 aliphatic rings. The average Bonchev–Trinajstić information content (AvgIpc) is 2.38. The molecule has 1 aromatic rings. The summed E-state index contributed by atoms with van der Waals surface area (Å²) in [5.41, 5.74) is 0.161. The Kier molecular flexibility index (Phi) is 6.44. The molecule has 0 aliphatic heterocycles. The predicted molar refractivity (Wildman–Crippen MR) is 74.2 cm³/mol. The molecule has 1 rings (SSSR count). The van der Waals surface area contributed by atoms with Crippen LogP contribution in [0.3, 0.4) is 0 Å². The molecule has 0 aliphatic carbocycles. The molecular weight excluding hydrogens is 316 g/mol. The van der Waals surface area contributed by atoms with Gasteiger partial charge in [-0.3, -0.25) is 14.9 Å². The van der Waals surface area contributed by atoms with E-state index in [1.54, 1.807) is 7.11 Å². The zero-order chi connectivity index (χ0) is 14.3. The summed E-state index contributed by atoms with van der Waals surface area (Å²) in [6.45, 7) is 1.16. The van der Waals surface area contributed by atoms with E-state index in [-0.39, 0.29) is 17.2 Å². The molecule has 0 unspecified atom stereocenters. The van der Waals surface area contributed by atoms with Gasteiger partial charge in [-0.05, 0) is 34.8 Å². The number of rotatable bonds is 7. The molecule has 0 fully saturated rings. The van der Waals surface area contributed by atoms with Crippen molar-refractivity contribution in [3.05, 3.63) is 38.3 Å². The predicted octanol–water partition coefficient (Wildman–Crippen LogP) is 2.51. The number of carbonyl (C=O) groups is 1. The van der Waals surface area contributed by atoms with Gasteiger partial charge in [0, 0.05) is 36.9 Å². The van der Waals surface area contributed by atoms with E-state index in [1.165, 1.54) is 18.2 Å². The number of nitro benzene ring substituents is 1. The Balaban J connectivity index is 2.61. The Bertz CT molecular complexity index is 465. The fraction of sp³-hybridized carbons (Fsp3) is 0.417. The summed E-state index contributed by atoms with van der Waals surface area (Å²) < 4.78 is 5.43. The quantitative estimate of drug-likeness (QED) is 0.473. The zero-order valence-corrected chi connectivity index (χ0v) is 12.1. The number of halogens is 1.